The predicted molar refractivity (Wildman–Crippen MR) is 121 cm³/mol. The zero-order chi connectivity index (χ0) is 22.6. The summed E-state index contributed by atoms with van der Waals surface area (Å²) in [5.74, 6) is -3.18. The Morgan fingerprint density at radius 3 is 2.32 bits per heavy atom. The van der Waals surface area contributed by atoms with E-state index in [2.05, 4.69) is 0 Å². The summed E-state index contributed by atoms with van der Waals surface area (Å²) in [6.45, 7) is 1.72. The minimum Gasteiger partial charge on any atom is -0.481 e. The second kappa shape index (κ2) is 9.92. The largest absolute Gasteiger partial charge is 0.481 e. The summed E-state index contributed by atoms with van der Waals surface area (Å²) < 4.78 is 5.73. The number of aliphatic carboxylic acids is 2. The first kappa shape index (κ1) is 23.4. The molecule has 0 fully saturated rings. The van der Waals surface area contributed by atoms with Crippen molar-refractivity contribution < 1.29 is 24.5 Å². The highest BCUT2D eigenvalue weighted by Crippen LogP contribution is 2.45. The topological polar surface area (TPSA) is 83.8 Å². The number of rotatable bonds is 8. The molecule has 2 atom stereocenters. The van der Waals surface area contributed by atoms with Gasteiger partial charge in [0.15, 0.2) is 0 Å². The van der Waals surface area contributed by atoms with Crippen LogP contribution in [-0.2, 0) is 20.9 Å². The summed E-state index contributed by atoms with van der Waals surface area (Å²) in [4.78, 5) is 25.4. The monoisotopic (exact) mass is 478 g/mol. The lowest BCUT2D eigenvalue weighted by molar-refractivity contribution is -0.149. The first-order chi connectivity index (χ1) is 14.7. The van der Waals surface area contributed by atoms with Gasteiger partial charge < -0.3 is 14.9 Å². The van der Waals surface area contributed by atoms with Gasteiger partial charge in [-0.15, -0.1) is 0 Å². The molecule has 2 N–H and O–H groups in total. The van der Waals surface area contributed by atoms with Crippen LogP contribution in [0.25, 0.3) is 0 Å². The van der Waals surface area contributed by atoms with Crippen molar-refractivity contribution in [1.82, 2.24) is 0 Å². The van der Waals surface area contributed by atoms with Crippen molar-refractivity contribution in [3.63, 3.8) is 0 Å². The van der Waals surface area contributed by atoms with E-state index >= 15 is 0 Å². The summed E-state index contributed by atoms with van der Waals surface area (Å²) >= 11 is 13.3. The van der Waals surface area contributed by atoms with Gasteiger partial charge in [-0.25, -0.2) is 4.79 Å². The van der Waals surface area contributed by atoms with E-state index in [1.807, 2.05) is 30.3 Å². The molecule has 0 heterocycles. The number of halogens is 2. The zero-order valence-electron chi connectivity index (χ0n) is 16.5. The zero-order valence-corrected chi connectivity index (χ0v) is 18.9. The van der Waals surface area contributed by atoms with Crippen LogP contribution in [-0.4, -0.2) is 28.8 Å². The van der Waals surface area contributed by atoms with Crippen LogP contribution in [0.15, 0.2) is 76.1 Å². The Balaban J connectivity index is 1.88. The Bertz CT molecular complexity index is 1030. The normalized spacial score (nSPS) is 20.7. The molecule has 0 spiro atoms. The molecule has 31 heavy (non-hydrogen) atoms. The summed E-state index contributed by atoms with van der Waals surface area (Å²) in [7, 11) is 0. The van der Waals surface area contributed by atoms with Crippen molar-refractivity contribution >= 4 is 46.9 Å². The van der Waals surface area contributed by atoms with Gasteiger partial charge in [-0.05, 0) is 36.8 Å². The summed E-state index contributed by atoms with van der Waals surface area (Å²) in [6.07, 6.45) is 3.06. The van der Waals surface area contributed by atoms with Gasteiger partial charge in [-0.3, -0.25) is 4.79 Å². The summed E-state index contributed by atoms with van der Waals surface area (Å²) in [5, 5.41) is 20.7. The molecule has 0 radical (unpaired) electrons. The highest BCUT2D eigenvalue weighted by Gasteiger charge is 2.46. The Labute approximate surface area is 194 Å². The van der Waals surface area contributed by atoms with Crippen molar-refractivity contribution in [3.8, 4) is 0 Å². The molecule has 2 unspecified atom stereocenters. The molecule has 0 saturated heterocycles. The molecule has 8 heteroatoms. The van der Waals surface area contributed by atoms with Gasteiger partial charge in [-0.1, -0.05) is 71.4 Å². The van der Waals surface area contributed by atoms with Crippen LogP contribution < -0.4 is 0 Å². The Morgan fingerprint density at radius 2 is 1.74 bits per heavy atom. The van der Waals surface area contributed by atoms with Crippen LogP contribution >= 0.6 is 35.0 Å². The molecule has 0 aliphatic heterocycles. The van der Waals surface area contributed by atoms with Crippen molar-refractivity contribution in [2.45, 2.75) is 18.4 Å². The number of carboxylic acid groups (broad SMARTS) is 2. The Morgan fingerprint density at radius 1 is 1.10 bits per heavy atom. The maximum Gasteiger partial charge on any atom is 0.332 e. The molecule has 0 saturated carbocycles. The molecule has 5 nitrogen and oxygen atoms in total. The van der Waals surface area contributed by atoms with Crippen LogP contribution in [0.1, 0.15) is 12.5 Å². The predicted octanol–water partition coefficient (Wildman–Crippen LogP) is 5.92. The number of hydrogen-bond donors (Lipinski definition) is 2. The van der Waals surface area contributed by atoms with Gasteiger partial charge in [0.25, 0.3) is 0 Å². The van der Waals surface area contributed by atoms with Gasteiger partial charge in [0.2, 0.25) is 0 Å². The van der Waals surface area contributed by atoms with Gasteiger partial charge >= 0.3 is 11.9 Å². The van der Waals surface area contributed by atoms with Crippen LogP contribution in [0.2, 0.25) is 10.0 Å². The van der Waals surface area contributed by atoms with E-state index in [-0.39, 0.29) is 18.8 Å². The molecule has 1 aliphatic carbocycles. The van der Waals surface area contributed by atoms with E-state index in [0.29, 0.717) is 19.8 Å². The van der Waals surface area contributed by atoms with E-state index in [1.54, 1.807) is 24.3 Å². The second-order valence-electron chi connectivity index (χ2n) is 7.30. The third-order valence-corrected chi connectivity index (χ3v) is 6.39. The Kier molecular flexibility index (Phi) is 7.49. The molecule has 1 aliphatic rings. The van der Waals surface area contributed by atoms with E-state index in [1.165, 1.54) is 24.8 Å². The number of carbonyl (C=O) groups is 2. The van der Waals surface area contributed by atoms with Crippen LogP contribution in [0.3, 0.4) is 0 Å². The van der Waals surface area contributed by atoms with Crippen molar-refractivity contribution in [1.29, 1.82) is 0 Å². The fourth-order valence-corrected chi connectivity index (χ4v) is 5.14. The van der Waals surface area contributed by atoms with Gasteiger partial charge in [0, 0.05) is 31.3 Å². The fraction of sp³-hybridized carbons (Fsp3) is 0.217. The number of thioether (sulfide) groups is 1. The highest BCUT2D eigenvalue weighted by atomic mass is 35.5. The average Bonchev–Trinajstić information content (AvgIpc) is 2.69. The average molecular weight is 479 g/mol. The lowest BCUT2D eigenvalue weighted by Crippen LogP contribution is -2.41. The van der Waals surface area contributed by atoms with E-state index < -0.39 is 23.3 Å². The summed E-state index contributed by atoms with van der Waals surface area (Å²) in [5.41, 5.74) is -0.568. The third kappa shape index (κ3) is 5.71. The first-order valence-corrected chi connectivity index (χ1v) is 10.9. The molecule has 2 aromatic rings. The van der Waals surface area contributed by atoms with Gasteiger partial charge in [0.1, 0.15) is 0 Å². The highest BCUT2D eigenvalue weighted by molar-refractivity contribution is 8.03. The molecule has 0 aromatic heterocycles. The van der Waals surface area contributed by atoms with Crippen LogP contribution in [0.4, 0.5) is 0 Å². The standard InChI is InChI=1S/C23H20Cl2O5S/c1-23(22(28)29)11-18(31-17-8-15(24)7-16(25)9-17)10-19(21(26)27)20(23)13-30-12-14-5-3-2-4-6-14/h2-11,20H,12-13H2,1H3,(H,26,27)(H,28,29). The number of ether oxygens (including phenoxy) is 1. The van der Waals surface area contributed by atoms with Gasteiger partial charge in [-0.2, -0.15) is 0 Å². The lowest BCUT2D eigenvalue weighted by atomic mass is 9.70. The van der Waals surface area contributed by atoms with E-state index in [4.69, 9.17) is 27.9 Å². The first-order valence-electron chi connectivity index (χ1n) is 9.36. The molecular weight excluding hydrogens is 459 g/mol. The molecule has 2 aromatic carbocycles. The maximum absolute atomic E-state index is 12.2. The van der Waals surface area contributed by atoms with Crippen molar-refractivity contribution in [3.05, 3.63) is 86.8 Å². The van der Waals surface area contributed by atoms with E-state index in [0.717, 1.165) is 5.56 Å². The van der Waals surface area contributed by atoms with E-state index in [9.17, 15) is 19.8 Å². The lowest BCUT2D eigenvalue weighted by Gasteiger charge is -2.35. The minimum absolute atomic E-state index is 0.0175. The fourth-order valence-electron chi connectivity index (χ4n) is 3.35. The molecule has 162 valence electrons. The van der Waals surface area contributed by atoms with Crippen molar-refractivity contribution in [2.75, 3.05) is 6.61 Å². The second-order valence-corrected chi connectivity index (χ2v) is 9.32. The summed E-state index contributed by atoms with van der Waals surface area (Å²) in [6, 6.07) is 14.3. The number of allylic oxidation sites excluding steroid dienone is 1. The number of hydrogen-bond acceptors (Lipinski definition) is 4. The minimum atomic E-state index is -1.47. The number of benzene rings is 2. The SMILES string of the molecule is CC1(C(=O)O)C=C(Sc2cc(Cl)cc(Cl)c2)C=C(C(=O)O)C1COCc1ccccc1. The van der Waals surface area contributed by atoms with Gasteiger partial charge in [0.05, 0.1) is 18.6 Å². The van der Waals surface area contributed by atoms with Crippen molar-refractivity contribution in [2.24, 2.45) is 11.3 Å². The molecule has 0 bridgehead atoms. The molecule has 0 amide bonds. The molecule has 3 rings (SSSR count). The van der Waals surface area contributed by atoms with Crippen LogP contribution in [0.5, 0.6) is 0 Å². The number of carboxylic acids is 2. The molecular formula is C23H20Cl2O5S. The smallest absolute Gasteiger partial charge is 0.332 e. The Hall–Kier alpha value is -2.25. The van der Waals surface area contributed by atoms with Crippen LogP contribution in [0, 0.1) is 11.3 Å². The quantitative estimate of drug-likeness (QED) is 0.489. The maximum atomic E-state index is 12.2. The third-order valence-electron chi connectivity index (χ3n) is 5.01.